The van der Waals surface area contributed by atoms with Crippen molar-refractivity contribution >= 4 is 0 Å². The Labute approximate surface area is 126 Å². The molecule has 0 bridgehead atoms. The van der Waals surface area contributed by atoms with Crippen molar-refractivity contribution in [2.24, 2.45) is 5.92 Å². The maximum Gasteiger partial charge on any atom is 0.0945 e. The molecule has 0 aliphatic carbocycles. The number of aromatic nitrogens is 2. The minimum absolute atomic E-state index is 0.850. The predicted octanol–water partition coefficient (Wildman–Crippen LogP) is 5.83. The lowest BCUT2D eigenvalue weighted by atomic mass is 9.94. The Morgan fingerprint density at radius 3 is 2.00 bits per heavy atom. The van der Waals surface area contributed by atoms with Crippen LogP contribution in [0, 0.1) is 5.92 Å². The summed E-state index contributed by atoms with van der Waals surface area (Å²) in [5.74, 6) is 0.850. The van der Waals surface area contributed by atoms with Crippen LogP contribution in [0.5, 0.6) is 0 Å². The van der Waals surface area contributed by atoms with Gasteiger partial charge in [0.05, 0.1) is 6.33 Å². The van der Waals surface area contributed by atoms with Crippen LogP contribution in [0.2, 0.25) is 0 Å². The zero-order chi connectivity index (χ0) is 14.5. The monoisotopic (exact) mass is 278 g/mol. The van der Waals surface area contributed by atoms with E-state index in [2.05, 4.69) is 29.6 Å². The average Bonchev–Trinajstić information content (AvgIpc) is 2.96. The standard InChI is InChI=1S/C18H34N2/c1-3-5-7-9-11-13-18(12-10-8-6-4-2)16-20-15-14-19-17-20/h14-15,17-18H,3-13,16H2,1-2H3. The summed E-state index contributed by atoms with van der Waals surface area (Å²) in [6.07, 6.45) is 21.3. The lowest BCUT2D eigenvalue weighted by molar-refractivity contribution is 0.358. The molecule has 1 atom stereocenters. The Balaban J connectivity index is 2.22. The van der Waals surface area contributed by atoms with Crippen molar-refractivity contribution < 1.29 is 0 Å². The summed E-state index contributed by atoms with van der Waals surface area (Å²) in [4.78, 5) is 4.17. The van der Waals surface area contributed by atoms with Gasteiger partial charge in [-0.05, 0) is 18.8 Å². The van der Waals surface area contributed by atoms with Crippen molar-refractivity contribution in [3.63, 3.8) is 0 Å². The first kappa shape index (κ1) is 17.3. The molecule has 0 N–H and O–H groups in total. The highest BCUT2D eigenvalue weighted by Gasteiger charge is 2.09. The van der Waals surface area contributed by atoms with Gasteiger partial charge in [-0.3, -0.25) is 0 Å². The van der Waals surface area contributed by atoms with E-state index in [1.165, 1.54) is 77.2 Å². The number of hydrogen-bond acceptors (Lipinski definition) is 1. The summed E-state index contributed by atoms with van der Waals surface area (Å²) in [6.45, 7) is 5.74. The second kappa shape index (κ2) is 12.0. The van der Waals surface area contributed by atoms with Crippen LogP contribution < -0.4 is 0 Å². The molecule has 1 heterocycles. The van der Waals surface area contributed by atoms with Gasteiger partial charge < -0.3 is 4.57 Å². The van der Waals surface area contributed by atoms with E-state index < -0.39 is 0 Å². The van der Waals surface area contributed by atoms with Crippen molar-refractivity contribution in [1.29, 1.82) is 0 Å². The van der Waals surface area contributed by atoms with Gasteiger partial charge in [-0.1, -0.05) is 71.6 Å². The summed E-state index contributed by atoms with van der Waals surface area (Å²) in [5.41, 5.74) is 0. The van der Waals surface area contributed by atoms with Gasteiger partial charge >= 0.3 is 0 Å². The van der Waals surface area contributed by atoms with E-state index in [9.17, 15) is 0 Å². The van der Waals surface area contributed by atoms with Gasteiger partial charge in [0.1, 0.15) is 0 Å². The Bertz CT molecular complexity index is 292. The van der Waals surface area contributed by atoms with Crippen LogP contribution >= 0.6 is 0 Å². The first-order valence-corrected chi connectivity index (χ1v) is 8.82. The minimum Gasteiger partial charge on any atom is -0.337 e. The highest BCUT2D eigenvalue weighted by molar-refractivity contribution is 4.76. The molecule has 1 unspecified atom stereocenters. The molecule has 0 radical (unpaired) electrons. The molecule has 0 amide bonds. The fourth-order valence-electron chi connectivity index (χ4n) is 2.92. The lowest BCUT2D eigenvalue weighted by Crippen LogP contribution is -2.10. The van der Waals surface area contributed by atoms with E-state index in [0.29, 0.717) is 0 Å². The van der Waals surface area contributed by atoms with Crippen LogP contribution in [0.3, 0.4) is 0 Å². The van der Waals surface area contributed by atoms with Crippen LogP contribution in [0.25, 0.3) is 0 Å². The molecule has 20 heavy (non-hydrogen) atoms. The fourth-order valence-corrected chi connectivity index (χ4v) is 2.92. The maximum atomic E-state index is 4.17. The van der Waals surface area contributed by atoms with Gasteiger partial charge in [-0.15, -0.1) is 0 Å². The van der Waals surface area contributed by atoms with Crippen LogP contribution in [0.15, 0.2) is 18.7 Å². The third kappa shape index (κ3) is 8.39. The maximum absolute atomic E-state index is 4.17. The van der Waals surface area contributed by atoms with Gasteiger partial charge in [0.15, 0.2) is 0 Å². The van der Waals surface area contributed by atoms with Crippen LogP contribution in [-0.2, 0) is 6.54 Å². The minimum atomic E-state index is 0.850. The molecule has 2 heteroatoms. The van der Waals surface area contributed by atoms with Crippen molar-refractivity contribution in [2.75, 3.05) is 0 Å². The molecule has 116 valence electrons. The van der Waals surface area contributed by atoms with Gasteiger partial charge in [0.25, 0.3) is 0 Å². The van der Waals surface area contributed by atoms with E-state index in [0.717, 1.165) is 5.92 Å². The van der Waals surface area contributed by atoms with Crippen LogP contribution in [0.1, 0.15) is 84.5 Å². The molecule has 0 aliphatic heterocycles. The van der Waals surface area contributed by atoms with Crippen molar-refractivity contribution in [3.05, 3.63) is 18.7 Å². The van der Waals surface area contributed by atoms with Gasteiger partial charge in [0.2, 0.25) is 0 Å². The van der Waals surface area contributed by atoms with Crippen molar-refractivity contribution in [3.8, 4) is 0 Å². The number of nitrogens with zero attached hydrogens (tertiary/aromatic N) is 2. The predicted molar refractivity (Wildman–Crippen MR) is 87.9 cm³/mol. The average molecular weight is 278 g/mol. The first-order valence-electron chi connectivity index (χ1n) is 8.82. The second-order valence-electron chi connectivity index (χ2n) is 6.18. The second-order valence-corrected chi connectivity index (χ2v) is 6.18. The largest absolute Gasteiger partial charge is 0.337 e. The number of rotatable bonds is 13. The summed E-state index contributed by atoms with van der Waals surface area (Å²) < 4.78 is 2.26. The molecule has 1 aromatic rings. The Hall–Kier alpha value is -0.790. The number of imidazole rings is 1. The lowest BCUT2D eigenvalue weighted by Gasteiger charge is -2.17. The fraction of sp³-hybridized carbons (Fsp3) is 0.833. The molecular formula is C18H34N2. The van der Waals surface area contributed by atoms with E-state index in [1.807, 2.05) is 12.5 Å². The topological polar surface area (TPSA) is 17.8 Å². The molecular weight excluding hydrogens is 244 g/mol. The van der Waals surface area contributed by atoms with Crippen LogP contribution in [0.4, 0.5) is 0 Å². The molecule has 0 saturated carbocycles. The summed E-state index contributed by atoms with van der Waals surface area (Å²) in [5, 5.41) is 0. The van der Waals surface area contributed by atoms with Gasteiger partial charge in [0, 0.05) is 18.9 Å². The van der Waals surface area contributed by atoms with Crippen molar-refractivity contribution in [1.82, 2.24) is 9.55 Å². The van der Waals surface area contributed by atoms with Gasteiger partial charge in [-0.25, -0.2) is 4.98 Å². The van der Waals surface area contributed by atoms with E-state index >= 15 is 0 Å². The van der Waals surface area contributed by atoms with E-state index in [1.54, 1.807) is 0 Å². The Kier molecular flexibility index (Phi) is 10.3. The van der Waals surface area contributed by atoms with Crippen molar-refractivity contribution in [2.45, 2.75) is 91.0 Å². The molecule has 1 aromatic heterocycles. The smallest absolute Gasteiger partial charge is 0.0945 e. The first-order chi connectivity index (χ1) is 9.86. The Morgan fingerprint density at radius 2 is 1.45 bits per heavy atom. The molecule has 1 rings (SSSR count). The highest BCUT2D eigenvalue weighted by atomic mass is 15.0. The molecule has 0 fully saturated rings. The normalized spacial score (nSPS) is 12.7. The van der Waals surface area contributed by atoms with E-state index in [4.69, 9.17) is 0 Å². The Morgan fingerprint density at radius 1 is 0.850 bits per heavy atom. The highest BCUT2D eigenvalue weighted by Crippen LogP contribution is 2.20. The number of hydrogen-bond donors (Lipinski definition) is 0. The quantitative estimate of drug-likeness (QED) is 0.415. The molecule has 0 saturated heterocycles. The molecule has 0 spiro atoms. The third-order valence-electron chi connectivity index (χ3n) is 4.21. The third-order valence-corrected chi connectivity index (χ3v) is 4.21. The van der Waals surface area contributed by atoms with Crippen LogP contribution in [-0.4, -0.2) is 9.55 Å². The zero-order valence-electron chi connectivity index (χ0n) is 13.7. The molecule has 0 aromatic carbocycles. The summed E-state index contributed by atoms with van der Waals surface area (Å²) in [6, 6.07) is 0. The number of unbranched alkanes of at least 4 members (excludes halogenated alkanes) is 7. The summed E-state index contributed by atoms with van der Waals surface area (Å²) >= 11 is 0. The SMILES string of the molecule is CCCCCCCC(CCCCCC)Cn1ccnc1. The molecule has 0 aliphatic rings. The van der Waals surface area contributed by atoms with E-state index in [-0.39, 0.29) is 0 Å². The molecule has 2 nitrogen and oxygen atoms in total. The zero-order valence-corrected chi connectivity index (χ0v) is 13.7. The van der Waals surface area contributed by atoms with Gasteiger partial charge in [-0.2, -0.15) is 0 Å². The summed E-state index contributed by atoms with van der Waals surface area (Å²) in [7, 11) is 0.